The fraction of sp³-hybridized carbons (Fsp3) is 0.200. The number of halogens is 2. The van der Waals surface area contributed by atoms with Crippen molar-refractivity contribution in [3.05, 3.63) is 47.3 Å². The van der Waals surface area contributed by atoms with Crippen molar-refractivity contribution in [2.24, 2.45) is 0 Å². The van der Waals surface area contributed by atoms with Crippen molar-refractivity contribution in [2.45, 2.75) is 6.54 Å². The van der Waals surface area contributed by atoms with Crippen LogP contribution >= 0.6 is 11.6 Å². The zero-order chi connectivity index (χ0) is 16.6. The molecule has 23 heavy (non-hydrogen) atoms. The van der Waals surface area contributed by atoms with Crippen molar-refractivity contribution in [3.8, 4) is 0 Å². The number of hydrogen-bond acceptors (Lipinski definition) is 4. The van der Waals surface area contributed by atoms with Crippen LogP contribution in [0.1, 0.15) is 5.56 Å². The molecule has 0 spiro atoms. The third-order valence-corrected chi connectivity index (χ3v) is 3.85. The molecule has 0 unspecified atom stereocenters. The molecular formula is C15H15ClFN6+. The molecule has 8 heteroatoms. The van der Waals surface area contributed by atoms with Crippen molar-refractivity contribution in [1.29, 1.82) is 0 Å². The summed E-state index contributed by atoms with van der Waals surface area (Å²) >= 11 is 6.09. The lowest BCUT2D eigenvalue weighted by atomic mass is 10.2. The van der Waals surface area contributed by atoms with E-state index in [0.29, 0.717) is 27.6 Å². The molecule has 0 bridgehead atoms. The summed E-state index contributed by atoms with van der Waals surface area (Å²) < 4.78 is 17.3. The maximum atomic E-state index is 14.0. The molecule has 1 aromatic carbocycles. The average Bonchev–Trinajstić information content (AvgIpc) is 2.93. The van der Waals surface area contributed by atoms with E-state index in [1.54, 1.807) is 32.7 Å². The predicted octanol–water partition coefficient (Wildman–Crippen LogP) is 2.49. The molecule has 0 fully saturated rings. The fourth-order valence-corrected chi connectivity index (χ4v) is 2.44. The van der Waals surface area contributed by atoms with E-state index in [9.17, 15) is 4.39 Å². The molecule has 3 aromatic rings. The van der Waals surface area contributed by atoms with E-state index in [2.05, 4.69) is 21.7 Å². The molecule has 0 aliphatic rings. The molecule has 0 radical (unpaired) electrons. The second-order valence-electron chi connectivity index (χ2n) is 5.19. The molecule has 6 nitrogen and oxygen atoms in total. The second kappa shape index (κ2) is 5.92. The third-order valence-electron chi connectivity index (χ3n) is 3.50. The molecule has 118 valence electrons. The monoisotopic (exact) mass is 333 g/mol. The second-order valence-corrected chi connectivity index (χ2v) is 5.60. The van der Waals surface area contributed by atoms with Gasteiger partial charge in [-0.1, -0.05) is 17.7 Å². The lowest BCUT2D eigenvalue weighted by Gasteiger charge is -2.10. The van der Waals surface area contributed by atoms with Gasteiger partial charge in [-0.15, -0.1) is 4.68 Å². The van der Waals surface area contributed by atoms with E-state index in [-0.39, 0.29) is 12.4 Å². The van der Waals surface area contributed by atoms with Gasteiger partial charge in [-0.05, 0) is 17.1 Å². The summed E-state index contributed by atoms with van der Waals surface area (Å²) in [7, 11) is 3.69. The van der Waals surface area contributed by atoms with Crippen LogP contribution in [-0.2, 0) is 6.54 Å². The SMILES string of the molecule is C=[N+](c1ncnc2c1ncn2Cc1c(F)cccc1Cl)N(C)C. The van der Waals surface area contributed by atoms with E-state index in [0.717, 1.165) is 0 Å². The van der Waals surface area contributed by atoms with Crippen LogP contribution in [0.3, 0.4) is 0 Å². The van der Waals surface area contributed by atoms with Crippen molar-refractivity contribution < 1.29 is 9.07 Å². The molecule has 3 rings (SSSR count). The fourth-order valence-electron chi connectivity index (χ4n) is 2.22. The Morgan fingerprint density at radius 2 is 2.09 bits per heavy atom. The molecule has 0 saturated carbocycles. The highest BCUT2D eigenvalue weighted by atomic mass is 35.5. The number of hydrazine groups is 1. The first kappa shape index (κ1) is 15.4. The van der Waals surface area contributed by atoms with Gasteiger partial charge >= 0.3 is 5.82 Å². The van der Waals surface area contributed by atoms with Gasteiger partial charge in [0.15, 0.2) is 5.65 Å². The van der Waals surface area contributed by atoms with Crippen molar-refractivity contribution in [1.82, 2.24) is 24.5 Å². The van der Waals surface area contributed by atoms with Crippen LogP contribution < -0.4 is 0 Å². The molecular weight excluding hydrogens is 319 g/mol. The van der Waals surface area contributed by atoms with Crippen LogP contribution in [0.25, 0.3) is 11.2 Å². The molecule has 0 amide bonds. The highest BCUT2D eigenvalue weighted by Crippen LogP contribution is 2.24. The lowest BCUT2D eigenvalue weighted by Crippen LogP contribution is -2.23. The van der Waals surface area contributed by atoms with Gasteiger partial charge in [0, 0.05) is 24.7 Å². The summed E-state index contributed by atoms with van der Waals surface area (Å²) in [6, 6.07) is 4.61. The molecule has 0 saturated heterocycles. The first-order valence-corrected chi connectivity index (χ1v) is 7.23. The Morgan fingerprint density at radius 1 is 1.30 bits per heavy atom. The quantitative estimate of drug-likeness (QED) is 0.418. The smallest absolute Gasteiger partial charge is 0.310 e. The van der Waals surface area contributed by atoms with E-state index >= 15 is 0 Å². The number of imidazole rings is 1. The Kier molecular flexibility index (Phi) is 3.96. The summed E-state index contributed by atoms with van der Waals surface area (Å²) in [6.07, 6.45) is 3.02. The van der Waals surface area contributed by atoms with Gasteiger partial charge in [-0.2, -0.15) is 4.98 Å². The Balaban J connectivity index is 2.07. The molecule has 0 aliphatic carbocycles. The zero-order valence-corrected chi connectivity index (χ0v) is 13.5. The average molecular weight is 334 g/mol. The van der Waals surface area contributed by atoms with Crippen LogP contribution in [0.5, 0.6) is 0 Å². The van der Waals surface area contributed by atoms with Crippen LogP contribution in [0.4, 0.5) is 10.2 Å². The van der Waals surface area contributed by atoms with Crippen LogP contribution in [-0.4, -0.2) is 50.0 Å². The number of benzene rings is 1. The summed E-state index contributed by atoms with van der Waals surface area (Å²) in [5, 5.41) is 2.14. The van der Waals surface area contributed by atoms with E-state index in [4.69, 9.17) is 11.6 Å². The van der Waals surface area contributed by atoms with Gasteiger partial charge < -0.3 is 4.57 Å². The number of hydrazone groups is 1. The third kappa shape index (κ3) is 2.75. The standard InChI is InChI=1S/C15H15ClFN6/c1-21(2)22(3)14-13-15(19-8-18-14)23(9-20-13)7-10-11(16)5-4-6-12(10)17/h4-6,8-9H,3,7H2,1-2H3/q+1. The van der Waals surface area contributed by atoms with Gasteiger partial charge in [-0.3, -0.25) is 0 Å². The highest BCUT2D eigenvalue weighted by Gasteiger charge is 2.21. The first-order valence-electron chi connectivity index (χ1n) is 6.85. The first-order chi connectivity index (χ1) is 11.0. The summed E-state index contributed by atoms with van der Waals surface area (Å²) in [5.41, 5.74) is 1.57. The predicted molar refractivity (Wildman–Crippen MR) is 86.6 cm³/mol. The molecule has 0 aliphatic heterocycles. The van der Waals surface area contributed by atoms with Crippen LogP contribution in [0.15, 0.2) is 30.9 Å². The van der Waals surface area contributed by atoms with E-state index in [1.165, 1.54) is 12.4 Å². The van der Waals surface area contributed by atoms with Gasteiger partial charge in [-0.25, -0.2) is 14.4 Å². The van der Waals surface area contributed by atoms with Gasteiger partial charge in [0.05, 0.1) is 19.6 Å². The lowest BCUT2D eigenvalue weighted by molar-refractivity contribution is -0.603. The Bertz CT molecular complexity index is 869. The molecule has 0 N–H and O–H groups in total. The van der Waals surface area contributed by atoms with Crippen LogP contribution in [0, 0.1) is 5.82 Å². The van der Waals surface area contributed by atoms with Gasteiger partial charge in [0.1, 0.15) is 5.82 Å². The van der Waals surface area contributed by atoms with Crippen LogP contribution in [0.2, 0.25) is 5.02 Å². The number of nitrogens with zero attached hydrogens (tertiary/aromatic N) is 6. The van der Waals surface area contributed by atoms with Crippen molar-refractivity contribution >= 4 is 35.3 Å². The van der Waals surface area contributed by atoms with E-state index in [1.807, 2.05) is 14.1 Å². The largest absolute Gasteiger partial charge is 0.377 e. The number of rotatable bonds is 4. The Labute approximate surface area is 137 Å². The van der Waals surface area contributed by atoms with Crippen molar-refractivity contribution in [3.63, 3.8) is 0 Å². The molecule has 0 atom stereocenters. The number of aromatic nitrogens is 4. The summed E-state index contributed by atoms with van der Waals surface area (Å²) in [6.45, 7) is 4.15. The highest BCUT2D eigenvalue weighted by molar-refractivity contribution is 6.31. The Morgan fingerprint density at radius 3 is 2.78 bits per heavy atom. The zero-order valence-electron chi connectivity index (χ0n) is 12.7. The molecule has 2 heterocycles. The normalized spacial score (nSPS) is 11.0. The number of fused-ring (bicyclic) bond motifs is 1. The van der Waals surface area contributed by atoms with Crippen molar-refractivity contribution in [2.75, 3.05) is 14.1 Å². The van der Waals surface area contributed by atoms with Gasteiger partial charge in [0.2, 0.25) is 11.8 Å². The molecule has 2 aromatic heterocycles. The minimum Gasteiger partial charge on any atom is -0.310 e. The van der Waals surface area contributed by atoms with Gasteiger partial charge in [0.25, 0.3) is 0 Å². The maximum absolute atomic E-state index is 14.0. The Hall–Kier alpha value is -2.54. The summed E-state index contributed by atoms with van der Waals surface area (Å²) in [5.74, 6) is 0.207. The van der Waals surface area contributed by atoms with E-state index < -0.39 is 0 Å². The minimum atomic E-state index is -0.360. The summed E-state index contributed by atoms with van der Waals surface area (Å²) in [4.78, 5) is 12.8. The number of hydrogen-bond donors (Lipinski definition) is 0. The minimum absolute atomic E-state index is 0.234. The topological polar surface area (TPSA) is 49.9 Å². The maximum Gasteiger partial charge on any atom is 0.377 e.